The van der Waals surface area contributed by atoms with Crippen LogP contribution in [0.4, 0.5) is 11.4 Å². The van der Waals surface area contributed by atoms with Gasteiger partial charge in [-0.05, 0) is 36.1 Å². The number of pyridine rings is 1. The van der Waals surface area contributed by atoms with Gasteiger partial charge in [0.2, 0.25) is 0 Å². The third kappa shape index (κ3) is 4.77. The number of anilines is 2. The molecule has 1 heterocycles. The minimum Gasteiger partial charge on any atom is -0.366 e. The van der Waals surface area contributed by atoms with Crippen molar-refractivity contribution in [1.82, 2.24) is 4.98 Å². The summed E-state index contributed by atoms with van der Waals surface area (Å²) in [7, 11) is 0. The molecule has 3 rings (SSSR count). The Hall–Kier alpha value is -3.14. The maximum atomic E-state index is 12.8. The van der Waals surface area contributed by atoms with Crippen molar-refractivity contribution in [2.24, 2.45) is 0 Å². The van der Waals surface area contributed by atoms with Crippen LogP contribution < -0.4 is 10.2 Å². The Morgan fingerprint density at radius 3 is 2.46 bits per heavy atom. The van der Waals surface area contributed by atoms with Crippen molar-refractivity contribution in [3.8, 4) is 0 Å². The number of rotatable bonds is 7. The first-order chi connectivity index (χ1) is 13.6. The first kappa shape index (κ1) is 19.6. The van der Waals surface area contributed by atoms with Gasteiger partial charge in [0.25, 0.3) is 5.91 Å². The highest BCUT2D eigenvalue weighted by atomic mass is 16.1. The molecule has 2 aromatic carbocycles. The van der Waals surface area contributed by atoms with Crippen LogP contribution in [0.25, 0.3) is 0 Å². The summed E-state index contributed by atoms with van der Waals surface area (Å²) in [5.74, 6) is 0.195. The fourth-order valence-electron chi connectivity index (χ4n) is 3.22. The molecule has 1 aromatic heterocycles. The van der Waals surface area contributed by atoms with Crippen molar-refractivity contribution < 1.29 is 4.79 Å². The normalized spacial score (nSPS) is 10.7. The Labute approximate surface area is 167 Å². The maximum absolute atomic E-state index is 12.8. The van der Waals surface area contributed by atoms with Gasteiger partial charge in [-0.15, -0.1) is 0 Å². The summed E-state index contributed by atoms with van der Waals surface area (Å²) >= 11 is 0. The van der Waals surface area contributed by atoms with Crippen LogP contribution in [-0.2, 0) is 6.54 Å². The van der Waals surface area contributed by atoms with E-state index in [0.29, 0.717) is 11.5 Å². The maximum Gasteiger partial charge on any atom is 0.257 e. The SMILES string of the molecule is CCN(Cc1ccccc1)c1cncc(C(=O)Nc2ccccc2C(C)C)c1. The summed E-state index contributed by atoms with van der Waals surface area (Å²) in [5, 5.41) is 3.04. The quantitative estimate of drug-likeness (QED) is 0.596. The third-order valence-electron chi connectivity index (χ3n) is 4.78. The monoisotopic (exact) mass is 373 g/mol. The molecule has 0 radical (unpaired) electrons. The molecule has 1 N–H and O–H groups in total. The number of hydrogen-bond acceptors (Lipinski definition) is 3. The van der Waals surface area contributed by atoms with Gasteiger partial charge in [0.1, 0.15) is 0 Å². The lowest BCUT2D eigenvalue weighted by atomic mass is 10.0. The number of carbonyl (C=O) groups excluding carboxylic acids is 1. The molecular weight excluding hydrogens is 346 g/mol. The Morgan fingerprint density at radius 2 is 1.75 bits per heavy atom. The Bertz CT molecular complexity index is 922. The van der Waals surface area contributed by atoms with Gasteiger partial charge in [-0.1, -0.05) is 62.4 Å². The molecule has 0 aliphatic rings. The van der Waals surface area contributed by atoms with E-state index >= 15 is 0 Å². The molecule has 0 aliphatic carbocycles. The Balaban J connectivity index is 1.79. The molecule has 0 bridgehead atoms. The van der Waals surface area contributed by atoms with Gasteiger partial charge in [-0.25, -0.2) is 0 Å². The summed E-state index contributed by atoms with van der Waals surface area (Å²) in [5.41, 5.74) is 4.70. The Morgan fingerprint density at radius 1 is 1.04 bits per heavy atom. The van der Waals surface area contributed by atoms with Crippen LogP contribution in [-0.4, -0.2) is 17.4 Å². The molecule has 4 heteroatoms. The molecule has 3 aromatic rings. The zero-order valence-corrected chi connectivity index (χ0v) is 16.7. The molecule has 0 fully saturated rings. The molecule has 28 heavy (non-hydrogen) atoms. The van der Waals surface area contributed by atoms with Gasteiger partial charge < -0.3 is 10.2 Å². The van der Waals surface area contributed by atoms with E-state index in [0.717, 1.165) is 30.0 Å². The van der Waals surface area contributed by atoms with Crippen LogP contribution in [0.2, 0.25) is 0 Å². The number of nitrogens with zero attached hydrogens (tertiary/aromatic N) is 2. The van der Waals surface area contributed by atoms with Crippen LogP contribution in [0.5, 0.6) is 0 Å². The second-order valence-electron chi connectivity index (χ2n) is 7.13. The van der Waals surface area contributed by atoms with Gasteiger partial charge in [0.05, 0.1) is 17.4 Å². The lowest BCUT2D eigenvalue weighted by Crippen LogP contribution is -2.23. The molecule has 0 aliphatic heterocycles. The number of para-hydroxylation sites is 1. The average Bonchev–Trinajstić information content (AvgIpc) is 2.73. The van der Waals surface area contributed by atoms with Gasteiger partial charge in [0, 0.05) is 25.0 Å². The molecule has 144 valence electrons. The summed E-state index contributed by atoms with van der Waals surface area (Å²) < 4.78 is 0. The predicted octanol–water partition coefficient (Wildman–Crippen LogP) is 5.48. The van der Waals surface area contributed by atoms with E-state index in [1.54, 1.807) is 6.20 Å². The predicted molar refractivity (Wildman–Crippen MR) is 116 cm³/mol. The number of carbonyl (C=O) groups is 1. The molecule has 1 amide bonds. The van der Waals surface area contributed by atoms with Crippen LogP contribution >= 0.6 is 0 Å². The van der Waals surface area contributed by atoms with E-state index in [-0.39, 0.29) is 5.91 Å². The van der Waals surface area contributed by atoms with Crippen molar-refractivity contribution in [2.75, 3.05) is 16.8 Å². The standard InChI is InChI=1S/C24H27N3O/c1-4-27(17-19-10-6-5-7-11-19)21-14-20(15-25-16-21)24(28)26-23-13-9-8-12-22(23)18(2)3/h5-16,18H,4,17H2,1-3H3,(H,26,28). The molecular formula is C24H27N3O. The van der Waals surface area contributed by atoms with Gasteiger partial charge in [-0.3, -0.25) is 9.78 Å². The van der Waals surface area contributed by atoms with Gasteiger partial charge in [0.15, 0.2) is 0 Å². The van der Waals surface area contributed by atoms with Crippen molar-refractivity contribution in [1.29, 1.82) is 0 Å². The zero-order valence-electron chi connectivity index (χ0n) is 16.7. The second kappa shape index (κ2) is 9.18. The fraction of sp³-hybridized carbons (Fsp3) is 0.250. The molecule has 0 unspecified atom stereocenters. The average molecular weight is 374 g/mol. The van der Waals surface area contributed by atoms with Gasteiger partial charge >= 0.3 is 0 Å². The van der Waals surface area contributed by atoms with E-state index in [4.69, 9.17) is 0 Å². The topological polar surface area (TPSA) is 45.2 Å². The first-order valence-corrected chi connectivity index (χ1v) is 9.72. The van der Waals surface area contributed by atoms with Crippen molar-refractivity contribution in [3.05, 3.63) is 89.7 Å². The largest absolute Gasteiger partial charge is 0.366 e. The minimum absolute atomic E-state index is 0.141. The molecule has 4 nitrogen and oxygen atoms in total. The van der Waals surface area contributed by atoms with Gasteiger partial charge in [-0.2, -0.15) is 0 Å². The van der Waals surface area contributed by atoms with E-state index in [9.17, 15) is 4.79 Å². The van der Waals surface area contributed by atoms with Crippen molar-refractivity contribution in [2.45, 2.75) is 33.2 Å². The number of nitrogens with one attached hydrogen (secondary N) is 1. The molecule has 0 atom stereocenters. The third-order valence-corrected chi connectivity index (χ3v) is 4.78. The number of aromatic nitrogens is 1. The molecule has 0 saturated carbocycles. The minimum atomic E-state index is -0.141. The highest BCUT2D eigenvalue weighted by Crippen LogP contribution is 2.25. The van der Waals surface area contributed by atoms with E-state index in [1.807, 2.05) is 54.7 Å². The van der Waals surface area contributed by atoms with Crippen molar-refractivity contribution in [3.63, 3.8) is 0 Å². The smallest absolute Gasteiger partial charge is 0.257 e. The van der Waals surface area contributed by atoms with Crippen LogP contribution in [0, 0.1) is 0 Å². The summed E-state index contributed by atoms with van der Waals surface area (Å²) in [4.78, 5) is 19.4. The second-order valence-corrected chi connectivity index (χ2v) is 7.13. The molecule has 0 saturated heterocycles. The highest BCUT2D eigenvalue weighted by Gasteiger charge is 2.13. The van der Waals surface area contributed by atoms with Crippen LogP contribution in [0.1, 0.15) is 48.2 Å². The van der Waals surface area contributed by atoms with Crippen LogP contribution in [0.3, 0.4) is 0 Å². The number of hydrogen-bond donors (Lipinski definition) is 1. The zero-order chi connectivity index (χ0) is 19.9. The number of benzene rings is 2. The van der Waals surface area contributed by atoms with E-state index in [2.05, 4.69) is 48.1 Å². The van der Waals surface area contributed by atoms with E-state index in [1.165, 1.54) is 5.56 Å². The highest BCUT2D eigenvalue weighted by molar-refractivity contribution is 6.05. The fourth-order valence-corrected chi connectivity index (χ4v) is 3.22. The number of amides is 1. The Kier molecular flexibility index (Phi) is 6.43. The summed E-state index contributed by atoms with van der Waals surface area (Å²) in [6.45, 7) is 7.96. The summed E-state index contributed by atoms with van der Waals surface area (Å²) in [6.07, 6.45) is 3.43. The molecule has 0 spiro atoms. The van der Waals surface area contributed by atoms with Crippen LogP contribution in [0.15, 0.2) is 73.1 Å². The lowest BCUT2D eigenvalue weighted by Gasteiger charge is -2.23. The first-order valence-electron chi connectivity index (χ1n) is 9.72. The van der Waals surface area contributed by atoms with E-state index < -0.39 is 0 Å². The lowest BCUT2D eigenvalue weighted by molar-refractivity contribution is 0.102. The van der Waals surface area contributed by atoms with Crippen molar-refractivity contribution >= 4 is 17.3 Å². The summed E-state index contributed by atoms with van der Waals surface area (Å²) in [6, 6.07) is 20.1.